The Bertz CT molecular complexity index is 393. The molecule has 1 aromatic rings. The van der Waals surface area contributed by atoms with Crippen molar-refractivity contribution in [2.45, 2.75) is 20.8 Å². The van der Waals surface area contributed by atoms with Crippen LogP contribution in [0.2, 0.25) is 0 Å². The molecule has 1 aromatic carbocycles. The second-order valence-electron chi connectivity index (χ2n) is 3.99. The zero-order valence-corrected chi connectivity index (χ0v) is 9.82. The van der Waals surface area contributed by atoms with Crippen molar-refractivity contribution in [2.75, 3.05) is 0 Å². The molecule has 0 saturated carbocycles. The average molecular weight is 219 g/mol. The van der Waals surface area contributed by atoms with Gasteiger partial charge in [0.25, 0.3) is 0 Å². The first-order chi connectivity index (χ1) is 7.50. The number of nitrogens with two attached hydrogens (primary N) is 1. The molecule has 0 bridgehead atoms. The van der Waals surface area contributed by atoms with E-state index in [0.29, 0.717) is 0 Å². The standard InChI is InChI=1S/C12H17N3O/c1-8(2)11(14-15-12(13)16)10-6-4-9(3)5-7-10/h4-8H,1-3H3,(H3,13,15,16)/b14-11-. The summed E-state index contributed by atoms with van der Waals surface area (Å²) in [4.78, 5) is 10.6. The number of nitrogens with zero attached hydrogens (tertiary/aromatic N) is 1. The van der Waals surface area contributed by atoms with Gasteiger partial charge in [-0.15, -0.1) is 0 Å². The lowest BCUT2D eigenvalue weighted by atomic mass is 9.99. The molecule has 0 spiro atoms. The minimum atomic E-state index is -0.648. The lowest BCUT2D eigenvalue weighted by Gasteiger charge is -2.10. The molecule has 4 heteroatoms. The van der Waals surface area contributed by atoms with E-state index in [-0.39, 0.29) is 5.92 Å². The number of hydrogen-bond donors (Lipinski definition) is 2. The van der Waals surface area contributed by atoms with Gasteiger partial charge in [-0.05, 0) is 18.4 Å². The van der Waals surface area contributed by atoms with Gasteiger partial charge in [0.05, 0.1) is 5.71 Å². The zero-order chi connectivity index (χ0) is 12.1. The molecule has 0 aromatic heterocycles. The number of amides is 2. The van der Waals surface area contributed by atoms with Crippen LogP contribution in [0.25, 0.3) is 0 Å². The molecular formula is C12H17N3O. The van der Waals surface area contributed by atoms with Gasteiger partial charge in [0.1, 0.15) is 0 Å². The molecule has 0 aliphatic carbocycles. The Morgan fingerprint density at radius 2 is 1.88 bits per heavy atom. The van der Waals surface area contributed by atoms with Gasteiger partial charge in [-0.2, -0.15) is 5.10 Å². The van der Waals surface area contributed by atoms with Gasteiger partial charge >= 0.3 is 6.03 Å². The molecule has 4 nitrogen and oxygen atoms in total. The monoisotopic (exact) mass is 219 g/mol. The summed E-state index contributed by atoms with van der Waals surface area (Å²) in [6.45, 7) is 6.06. The van der Waals surface area contributed by atoms with Crippen LogP contribution in [-0.4, -0.2) is 11.7 Å². The molecule has 3 N–H and O–H groups in total. The summed E-state index contributed by atoms with van der Waals surface area (Å²) in [6, 6.07) is 7.34. The molecule has 0 unspecified atom stereocenters. The van der Waals surface area contributed by atoms with E-state index in [9.17, 15) is 4.79 Å². The minimum absolute atomic E-state index is 0.217. The number of aryl methyl sites for hydroxylation is 1. The predicted octanol–water partition coefficient (Wildman–Crippen LogP) is 2.02. The Morgan fingerprint density at radius 3 is 2.31 bits per heavy atom. The van der Waals surface area contributed by atoms with Crippen LogP contribution in [0.5, 0.6) is 0 Å². The van der Waals surface area contributed by atoms with Gasteiger partial charge < -0.3 is 5.73 Å². The van der Waals surface area contributed by atoms with E-state index in [1.54, 1.807) is 0 Å². The van der Waals surface area contributed by atoms with Crippen LogP contribution < -0.4 is 11.2 Å². The quantitative estimate of drug-likeness (QED) is 0.592. The second-order valence-corrected chi connectivity index (χ2v) is 3.99. The van der Waals surface area contributed by atoms with Gasteiger partial charge in [-0.3, -0.25) is 0 Å². The first-order valence-corrected chi connectivity index (χ1v) is 5.20. The van der Waals surface area contributed by atoms with E-state index in [2.05, 4.69) is 10.5 Å². The number of rotatable bonds is 3. The Kier molecular flexibility index (Phi) is 4.05. The lowest BCUT2D eigenvalue weighted by molar-refractivity contribution is 0.249. The number of hydrogen-bond acceptors (Lipinski definition) is 2. The number of benzene rings is 1. The van der Waals surface area contributed by atoms with E-state index in [1.807, 2.05) is 45.0 Å². The van der Waals surface area contributed by atoms with E-state index in [1.165, 1.54) is 5.56 Å². The van der Waals surface area contributed by atoms with Crippen LogP contribution in [-0.2, 0) is 0 Å². The van der Waals surface area contributed by atoms with Crippen LogP contribution in [0, 0.1) is 12.8 Å². The minimum Gasteiger partial charge on any atom is -0.350 e. The highest BCUT2D eigenvalue weighted by atomic mass is 16.2. The fourth-order valence-corrected chi connectivity index (χ4v) is 1.37. The fraction of sp³-hybridized carbons (Fsp3) is 0.333. The summed E-state index contributed by atoms with van der Waals surface area (Å²) in [5, 5.41) is 4.01. The van der Waals surface area contributed by atoms with Gasteiger partial charge in [-0.1, -0.05) is 43.7 Å². The molecule has 0 saturated heterocycles. The fourth-order valence-electron chi connectivity index (χ4n) is 1.37. The third-order valence-electron chi connectivity index (χ3n) is 2.18. The van der Waals surface area contributed by atoms with Crippen molar-refractivity contribution in [1.29, 1.82) is 0 Å². The summed E-state index contributed by atoms with van der Waals surface area (Å²) in [6.07, 6.45) is 0. The maximum atomic E-state index is 10.6. The average Bonchev–Trinajstić information content (AvgIpc) is 2.20. The van der Waals surface area contributed by atoms with Crippen molar-refractivity contribution >= 4 is 11.7 Å². The number of hydrazone groups is 1. The third kappa shape index (κ3) is 3.38. The van der Waals surface area contributed by atoms with Crippen molar-refractivity contribution in [2.24, 2.45) is 16.8 Å². The van der Waals surface area contributed by atoms with Crippen LogP contribution >= 0.6 is 0 Å². The molecule has 0 aliphatic rings. The summed E-state index contributed by atoms with van der Waals surface area (Å²) >= 11 is 0. The molecule has 0 heterocycles. The first-order valence-electron chi connectivity index (χ1n) is 5.20. The molecule has 0 atom stereocenters. The summed E-state index contributed by atoms with van der Waals surface area (Å²) in [7, 11) is 0. The van der Waals surface area contributed by atoms with Crippen LogP contribution in [0.4, 0.5) is 4.79 Å². The van der Waals surface area contributed by atoms with E-state index in [0.717, 1.165) is 11.3 Å². The van der Waals surface area contributed by atoms with Crippen LogP contribution in [0.1, 0.15) is 25.0 Å². The highest BCUT2D eigenvalue weighted by molar-refractivity contribution is 6.02. The Labute approximate surface area is 95.5 Å². The molecule has 2 amide bonds. The molecule has 86 valence electrons. The highest BCUT2D eigenvalue weighted by Crippen LogP contribution is 2.10. The van der Waals surface area contributed by atoms with Crippen molar-refractivity contribution in [3.8, 4) is 0 Å². The molecule has 1 rings (SSSR count). The molecule has 16 heavy (non-hydrogen) atoms. The number of urea groups is 1. The van der Waals surface area contributed by atoms with Crippen molar-refractivity contribution in [1.82, 2.24) is 5.43 Å². The normalized spacial score (nSPS) is 11.6. The number of carbonyl (C=O) groups is 1. The summed E-state index contributed by atoms with van der Waals surface area (Å²) < 4.78 is 0. The largest absolute Gasteiger partial charge is 0.350 e. The maximum Gasteiger partial charge on any atom is 0.332 e. The second kappa shape index (κ2) is 5.30. The van der Waals surface area contributed by atoms with E-state index < -0.39 is 6.03 Å². The molecule has 0 fully saturated rings. The maximum absolute atomic E-state index is 10.6. The van der Waals surface area contributed by atoms with Crippen LogP contribution in [0.15, 0.2) is 29.4 Å². The van der Waals surface area contributed by atoms with E-state index >= 15 is 0 Å². The summed E-state index contributed by atoms with van der Waals surface area (Å²) in [5.41, 5.74) is 10.3. The third-order valence-corrected chi connectivity index (χ3v) is 2.18. The van der Waals surface area contributed by atoms with Crippen molar-refractivity contribution in [3.05, 3.63) is 35.4 Å². The van der Waals surface area contributed by atoms with Gasteiger partial charge in [-0.25, -0.2) is 10.2 Å². The molecule has 0 radical (unpaired) electrons. The topological polar surface area (TPSA) is 67.5 Å². The van der Waals surface area contributed by atoms with Gasteiger partial charge in [0.2, 0.25) is 0 Å². The van der Waals surface area contributed by atoms with Gasteiger partial charge in [0, 0.05) is 0 Å². The van der Waals surface area contributed by atoms with Gasteiger partial charge in [0.15, 0.2) is 0 Å². The Hall–Kier alpha value is -1.84. The van der Waals surface area contributed by atoms with E-state index in [4.69, 9.17) is 5.73 Å². The molecular weight excluding hydrogens is 202 g/mol. The predicted molar refractivity (Wildman–Crippen MR) is 65.3 cm³/mol. The lowest BCUT2D eigenvalue weighted by Crippen LogP contribution is -2.27. The summed E-state index contributed by atoms with van der Waals surface area (Å²) in [5.74, 6) is 0.217. The zero-order valence-electron chi connectivity index (χ0n) is 9.82. The van der Waals surface area contributed by atoms with Crippen molar-refractivity contribution < 1.29 is 4.79 Å². The number of carbonyl (C=O) groups excluding carboxylic acids is 1. The SMILES string of the molecule is Cc1ccc(/C(=N\NC(N)=O)C(C)C)cc1. The van der Waals surface area contributed by atoms with Crippen molar-refractivity contribution in [3.63, 3.8) is 0 Å². The first kappa shape index (κ1) is 12.2. The Morgan fingerprint density at radius 1 is 1.31 bits per heavy atom. The number of primary amides is 1. The number of nitrogens with one attached hydrogen (secondary N) is 1. The van der Waals surface area contributed by atoms with Crippen LogP contribution in [0.3, 0.4) is 0 Å². The Balaban J connectivity index is 2.98. The molecule has 0 aliphatic heterocycles. The highest BCUT2D eigenvalue weighted by Gasteiger charge is 2.08. The smallest absolute Gasteiger partial charge is 0.332 e.